The van der Waals surface area contributed by atoms with E-state index in [1.54, 1.807) is 0 Å². The zero-order valence-corrected chi connectivity index (χ0v) is 22.1. The van der Waals surface area contributed by atoms with Crippen LogP contribution in [-0.2, 0) is 6.18 Å². The van der Waals surface area contributed by atoms with Gasteiger partial charge < -0.3 is 15.0 Å². The van der Waals surface area contributed by atoms with E-state index >= 15 is 0 Å². The number of aliphatic imine (C=N–C) groups is 1. The van der Waals surface area contributed by atoms with Crippen molar-refractivity contribution in [2.75, 3.05) is 5.32 Å². The van der Waals surface area contributed by atoms with Gasteiger partial charge in [0.15, 0.2) is 0 Å². The summed E-state index contributed by atoms with van der Waals surface area (Å²) in [6.45, 7) is 1.97. The lowest BCUT2D eigenvalue weighted by Gasteiger charge is -2.24. The van der Waals surface area contributed by atoms with Crippen LogP contribution >= 0.6 is 0 Å². The van der Waals surface area contributed by atoms with Crippen LogP contribution in [0.25, 0.3) is 28.1 Å². The number of aliphatic hydroxyl groups is 1. The van der Waals surface area contributed by atoms with Gasteiger partial charge in [-0.25, -0.2) is 4.98 Å². The van der Waals surface area contributed by atoms with Crippen molar-refractivity contribution in [1.82, 2.24) is 9.55 Å². The van der Waals surface area contributed by atoms with Crippen molar-refractivity contribution in [1.29, 1.82) is 0 Å². The van der Waals surface area contributed by atoms with Gasteiger partial charge in [-0.05, 0) is 94.0 Å². The number of hydrogen-bond acceptors (Lipinski definition) is 5. The summed E-state index contributed by atoms with van der Waals surface area (Å²) in [5.74, 6) is 0. The van der Waals surface area contributed by atoms with E-state index in [9.17, 15) is 18.3 Å². The summed E-state index contributed by atoms with van der Waals surface area (Å²) in [5.41, 5.74) is 5.60. The molecule has 0 spiro atoms. The van der Waals surface area contributed by atoms with E-state index in [1.165, 1.54) is 12.1 Å². The van der Waals surface area contributed by atoms with Crippen molar-refractivity contribution in [3.8, 4) is 17.1 Å². The Kier molecular flexibility index (Phi) is 6.92. The second-order valence-corrected chi connectivity index (χ2v) is 10.5. The minimum Gasteiger partial charge on any atom is -0.393 e. The Balaban J connectivity index is 1.58. The number of aliphatic hydroxyl groups excluding tert-OH is 1. The molecule has 0 atom stereocenters. The monoisotopic (exact) mass is 545 g/mol. The van der Waals surface area contributed by atoms with Crippen molar-refractivity contribution in [3.63, 3.8) is 0 Å². The number of benzene rings is 3. The normalized spacial score (nSPS) is 20.5. The van der Waals surface area contributed by atoms with Gasteiger partial charge in [-0.2, -0.15) is 13.2 Å². The molecular weight excluding hydrogens is 515 g/mol. The van der Waals surface area contributed by atoms with E-state index in [0.717, 1.165) is 77.0 Å². The lowest BCUT2D eigenvalue weighted by molar-refractivity contribution is -0.137. The molecule has 2 aliphatic heterocycles. The van der Waals surface area contributed by atoms with Crippen LogP contribution in [0.3, 0.4) is 0 Å². The summed E-state index contributed by atoms with van der Waals surface area (Å²) in [5, 5.41) is 14.3. The SMILES string of the molecule is CC1=C(Nc2cc3nc4ccccc4n(-c4ccc(C(F)(F)F)cc4)c-3cc2=NC2CCC(O)CC2)CCC=N1. The molecule has 0 saturated heterocycles. The smallest absolute Gasteiger partial charge is 0.393 e. The van der Waals surface area contributed by atoms with Crippen molar-refractivity contribution in [2.45, 2.75) is 63.8 Å². The Bertz CT molecular complexity index is 1640. The number of para-hydroxylation sites is 2. The first-order valence-corrected chi connectivity index (χ1v) is 13.6. The molecule has 2 aromatic carbocycles. The molecule has 9 heteroatoms. The predicted molar refractivity (Wildman–Crippen MR) is 151 cm³/mol. The minimum absolute atomic E-state index is 0.0637. The molecule has 0 unspecified atom stereocenters. The van der Waals surface area contributed by atoms with Crippen LogP contribution in [0.1, 0.15) is 51.0 Å². The zero-order valence-electron chi connectivity index (χ0n) is 22.1. The van der Waals surface area contributed by atoms with Crippen LogP contribution in [0.4, 0.5) is 18.9 Å². The number of fused-ring (bicyclic) bond motifs is 2. The fraction of sp³-hybridized carbons (Fsp3) is 0.323. The molecule has 40 heavy (non-hydrogen) atoms. The van der Waals surface area contributed by atoms with Crippen LogP contribution in [-0.4, -0.2) is 33.0 Å². The van der Waals surface area contributed by atoms with E-state index in [-0.39, 0.29) is 12.1 Å². The molecule has 2 N–H and O–H groups in total. The highest BCUT2D eigenvalue weighted by molar-refractivity contribution is 5.84. The Hall–Kier alpha value is -3.98. The summed E-state index contributed by atoms with van der Waals surface area (Å²) >= 11 is 0. The molecule has 2 heterocycles. The highest BCUT2D eigenvalue weighted by atomic mass is 19.4. The molecular formula is C31H30F3N5O. The maximum atomic E-state index is 13.3. The minimum atomic E-state index is -4.41. The van der Waals surface area contributed by atoms with E-state index in [4.69, 9.17) is 9.98 Å². The van der Waals surface area contributed by atoms with Crippen LogP contribution in [0.15, 0.2) is 82.0 Å². The third-order valence-electron chi connectivity index (χ3n) is 7.67. The van der Waals surface area contributed by atoms with E-state index in [1.807, 2.05) is 54.1 Å². The van der Waals surface area contributed by atoms with Gasteiger partial charge in [0.25, 0.3) is 0 Å². The molecule has 6 nitrogen and oxygen atoms in total. The Labute approximate surface area is 230 Å². The van der Waals surface area contributed by atoms with Crippen molar-refractivity contribution in [3.05, 3.63) is 83.0 Å². The Morgan fingerprint density at radius 3 is 2.48 bits per heavy atom. The third kappa shape index (κ3) is 5.25. The second-order valence-electron chi connectivity index (χ2n) is 10.5. The van der Waals surface area contributed by atoms with Crippen molar-refractivity contribution >= 4 is 22.9 Å². The number of aromatic nitrogens is 2. The fourth-order valence-corrected chi connectivity index (χ4v) is 5.50. The number of anilines is 1. The summed E-state index contributed by atoms with van der Waals surface area (Å²) in [7, 11) is 0. The summed E-state index contributed by atoms with van der Waals surface area (Å²) in [6, 6.07) is 16.8. The average molecular weight is 546 g/mol. The van der Waals surface area contributed by atoms with E-state index < -0.39 is 11.7 Å². The molecule has 4 aliphatic rings. The number of nitrogens with one attached hydrogen (secondary N) is 1. The van der Waals surface area contributed by atoms with Gasteiger partial charge in [0, 0.05) is 17.6 Å². The first-order chi connectivity index (χ1) is 19.3. The standard InChI is InChI=1S/C31H30F3N5O/c1-19-24(6-4-16-35-19)37-26-17-28-30(18-27(26)36-21-10-14-23(40)15-11-21)39(29-7-3-2-5-25(29)38-28)22-12-8-20(9-13-22)31(32,33)34/h2-3,5,7-9,12-13,16-18,21,23,37,40H,4,6,10-11,14-15H2,1H3. The van der Waals surface area contributed by atoms with Crippen molar-refractivity contribution in [2.24, 2.45) is 9.98 Å². The molecule has 0 radical (unpaired) electrons. The number of allylic oxidation sites excluding steroid dienone is 2. The van der Waals surface area contributed by atoms with Gasteiger partial charge in [-0.15, -0.1) is 0 Å². The predicted octanol–water partition coefficient (Wildman–Crippen LogP) is 6.86. The van der Waals surface area contributed by atoms with E-state index in [2.05, 4.69) is 10.3 Å². The van der Waals surface area contributed by atoms with Gasteiger partial charge >= 0.3 is 6.18 Å². The van der Waals surface area contributed by atoms with Gasteiger partial charge in [0.05, 0.1) is 56.9 Å². The van der Waals surface area contributed by atoms with E-state index in [0.29, 0.717) is 24.2 Å². The van der Waals surface area contributed by atoms with Gasteiger partial charge in [-0.1, -0.05) is 12.1 Å². The topological polar surface area (TPSA) is 74.8 Å². The van der Waals surface area contributed by atoms with Gasteiger partial charge in [0.2, 0.25) is 0 Å². The number of nitrogens with zero attached hydrogens (tertiary/aromatic N) is 4. The molecule has 1 fully saturated rings. The van der Waals surface area contributed by atoms with Gasteiger partial charge in [0.1, 0.15) is 0 Å². The first-order valence-electron chi connectivity index (χ1n) is 13.6. The molecule has 0 bridgehead atoms. The van der Waals surface area contributed by atoms with Crippen LogP contribution in [0.5, 0.6) is 0 Å². The number of rotatable bonds is 4. The molecule has 2 aliphatic carbocycles. The number of alkyl halides is 3. The van der Waals surface area contributed by atoms with Crippen LogP contribution < -0.4 is 10.7 Å². The highest BCUT2D eigenvalue weighted by Crippen LogP contribution is 2.33. The molecule has 1 saturated carbocycles. The maximum absolute atomic E-state index is 13.3. The maximum Gasteiger partial charge on any atom is 0.416 e. The lowest BCUT2D eigenvalue weighted by Crippen LogP contribution is -2.24. The zero-order chi connectivity index (χ0) is 27.9. The highest BCUT2D eigenvalue weighted by Gasteiger charge is 2.30. The van der Waals surface area contributed by atoms with Gasteiger partial charge in [-0.3, -0.25) is 9.98 Å². The third-order valence-corrected chi connectivity index (χ3v) is 7.67. The lowest BCUT2D eigenvalue weighted by atomic mass is 9.93. The Morgan fingerprint density at radius 1 is 1.00 bits per heavy atom. The summed E-state index contributed by atoms with van der Waals surface area (Å²) < 4.78 is 41.9. The second kappa shape index (κ2) is 10.5. The molecule has 0 amide bonds. The quantitative estimate of drug-likeness (QED) is 0.275. The molecule has 2 aromatic rings. The van der Waals surface area contributed by atoms with Crippen molar-refractivity contribution < 1.29 is 18.3 Å². The molecule has 0 aromatic heterocycles. The first kappa shape index (κ1) is 26.3. The Morgan fingerprint density at radius 2 is 1.75 bits per heavy atom. The molecule has 206 valence electrons. The number of hydrogen-bond donors (Lipinski definition) is 2. The summed E-state index contributed by atoms with van der Waals surface area (Å²) in [4.78, 5) is 14.5. The fourth-order valence-electron chi connectivity index (χ4n) is 5.50. The van der Waals surface area contributed by atoms with Crippen LogP contribution in [0.2, 0.25) is 0 Å². The number of halogens is 3. The molecule has 6 rings (SSSR count). The summed E-state index contributed by atoms with van der Waals surface area (Å²) in [6.07, 6.45) is 1.89. The van der Waals surface area contributed by atoms with Crippen LogP contribution in [0, 0.1) is 0 Å². The largest absolute Gasteiger partial charge is 0.416 e. The average Bonchev–Trinajstić information content (AvgIpc) is 2.94.